The summed E-state index contributed by atoms with van der Waals surface area (Å²) >= 11 is 0. The minimum atomic E-state index is 0.715. The van der Waals surface area contributed by atoms with E-state index in [9.17, 15) is 0 Å². The first-order chi connectivity index (χ1) is 9.63. The maximum Gasteiger partial charge on any atom is 0.126 e. The number of hydrogen-bond acceptors (Lipinski definition) is 4. The van der Waals surface area contributed by atoms with Crippen LogP contribution in [0.3, 0.4) is 0 Å². The zero-order valence-electron chi connectivity index (χ0n) is 11.6. The predicted octanol–water partition coefficient (Wildman–Crippen LogP) is 2.47. The number of nitrogens with two attached hydrogens (primary N) is 1. The summed E-state index contributed by atoms with van der Waals surface area (Å²) in [6.45, 7) is 2.77. The predicted molar refractivity (Wildman–Crippen MR) is 81.4 cm³/mol. The van der Waals surface area contributed by atoms with E-state index in [0.29, 0.717) is 6.54 Å². The normalized spacial score (nSPS) is 10.9. The summed E-state index contributed by atoms with van der Waals surface area (Å²) in [6.07, 6.45) is 1.88. The molecule has 0 aliphatic rings. The van der Waals surface area contributed by atoms with Gasteiger partial charge in [-0.05, 0) is 37.3 Å². The Bertz CT molecular complexity index is 760. The average molecular weight is 267 g/mol. The van der Waals surface area contributed by atoms with E-state index >= 15 is 0 Å². The second-order valence-corrected chi connectivity index (χ2v) is 4.88. The van der Waals surface area contributed by atoms with Gasteiger partial charge in [-0.2, -0.15) is 5.10 Å². The third kappa shape index (κ3) is 2.30. The van der Waals surface area contributed by atoms with Gasteiger partial charge in [0.1, 0.15) is 5.82 Å². The van der Waals surface area contributed by atoms with E-state index in [0.717, 1.165) is 28.1 Å². The SMILES string of the molecule is Cc1c(CNc2ccc3cc(N)ccc3n2)cnn1C. The van der Waals surface area contributed by atoms with Gasteiger partial charge in [-0.1, -0.05) is 0 Å². The monoisotopic (exact) mass is 267 g/mol. The Labute approximate surface area is 117 Å². The molecule has 3 aromatic rings. The molecule has 0 fully saturated rings. The number of hydrogen-bond donors (Lipinski definition) is 2. The molecule has 5 nitrogen and oxygen atoms in total. The summed E-state index contributed by atoms with van der Waals surface area (Å²) in [5.74, 6) is 0.852. The topological polar surface area (TPSA) is 68.8 Å². The van der Waals surface area contributed by atoms with Crippen molar-refractivity contribution in [3.8, 4) is 0 Å². The van der Waals surface area contributed by atoms with Gasteiger partial charge in [0.25, 0.3) is 0 Å². The Morgan fingerprint density at radius 2 is 2.10 bits per heavy atom. The summed E-state index contributed by atoms with van der Waals surface area (Å²) in [5.41, 5.74) is 9.79. The van der Waals surface area contributed by atoms with E-state index in [1.165, 1.54) is 5.56 Å². The van der Waals surface area contributed by atoms with Crippen LogP contribution in [0, 0.1) is 6.92 Å². The van der Waals surface area contributed by atoms with Gasteiger partial charge in [-0.15, -0.1) is 0 Å². The minimum absolute atomic E-state index is 0.715. The quantitative estimate of drug-likeness (QED) is 0.715. The number of fused-ring (bicyclic) bond motifs is 1. The van der Waals surface area contributed by atoms with Gasteiger partial charge in [-0.3, -0.25) is 4.68 Å². The number of aromatic nitrogens is 3. The molecular formula is C15H17N5. The number of anilines is 2. The molecule has 0 aliphatic heterocycles. The summed E-state index contributed by atoms with van der Waals surface area (Å²) in [5, 5.41) is 8.61. The molecule has 2 heterocycles. The fourth-order valence-electron chi connectivity index (χ4n) is 2.15. The maximum absolute atomic E-state index is 5.76. The van der Waals surface area contributed by atoms with Gasteiger partial charge in [0, 0.05) is 35.9 Å². The molecule has 3 rings (SSSR count). The molecule has 0 saturated carbocycles. The van der Waals surface area contributed by atoms with Gasteiger partial charge in [0.2, 0.25) is 0 Å². The number of rotatable bonds is 3. The standard InChI is InChI=1S/C15H17N5/c1-10-12(9-18-20(10)2)8-17-15-6-3-11-7-13(16)4-5-14(11)19-15/h3-7,9H,8,16H2,1-2H3,(H,17,19). The van der Waals surface area contributed by atoms with E-state index in [4.69, 9.17) is 5.73 Å². The van der Waals surface area contributed by atoms with Crippen molar-refractivity contribution in [1.29, 1.82) is 0 Å². The summed E-state index contributed by atoms with van der Waals surface area (Å²) in [4.78, 5) is 4.57. The maximum atomic E-state index is 5.76. The van der Waals surface area contributed by atoms with Crippen LogP contribution in [-0.2, 0) is 13.6 Å². The summed E-state index contributed by atoms with van der Waals surface area (Å²) in [6, 6.07) is 9.72. The lowest BCUT2D eigenvalue weighted by atomic mass is 10.2. The van der Waals surface area contributed by atoms with E-state index < -0.39 is 0 Å². The van der Waals surface area contributed by atoms with Crippen molar-refractivity contribution in [3.63, 3.8) is 0 Å². The van der Waals surface area contributed by atoms with Crippen LogP contribution in [0.2, 0.25) is 0 Å². The van der Waals surface area contributed by atoms with Crippen molar-refractivity contribution < 1.29 is 0 Å². The van der Waals surface area contributed by atoms with Crippen molar-refractivity contribution in [2.24, 2.45) is 7.05 Å². The second-order valence-electron chi connectivity index (χ2n) is 4.88. The smallest absolute Gasteiger partial charge is 0.126 e. The average Bonchev–Trinajstić information content (AvgIpc) is 2.76. The first kappa shape index (κ1) is 12.5. The third-order valence-corrected chi connectivity index (χ3v) is 3.51. The Morgan fingerprint density at radius 3 is 2.85 bits per heavy atom. The highest BCUT2D eigenvalue weighted by Gasteiger charge is 2.04. The van der Waals surface area contributed by atoms with Gasteiger partial charge >= 0.3 is 0 Å². The Balaban J connectivity index is 1.81. The van der Waals surface area contributed by atoms with E-state index in [2.05, 4.69) is 22.3 Å². The third-order valence-electron chi connectivity index (χ3n) is 3.51. The summed E-state index contributed by atoms with van der Waals surface area (Å²) < 4.78 is 1.87. The van der Waals surface area contributed by atoms with Crippen molar-refractivity contribution in [2.75, 3.05) is 11.1 Å². The molecule has 102 valence electrons. The molecule has 20 heavy (non-hydrogen) atoms. The zero-order chi connectivity index (χ0) is 14.1. The molecule has 2 aromatic heterocycles. The van der Waals surface area contributed by atoms with Crippen LogP contribution in [0.4, 0.5) is 11.5 Å². The highest BCUT2D eigenvalue weighted by molar-refractivity contribution is 5.83. The van der Waals surface area contributed by atoms with E-state index in [1.54, 1.807) is 0 Å². The van der Waals surface area contributed by atoms with Crippen LogP contribution in [0.5, 0.6) is 0 Å². The van der Waals surface area contributed by atoms with Gasteiger partial charge in [-0.25, -0.2) is 4.98 Å². The first-order valence-electron chi connectivity index (χ1n) is 6.51. The van der Waals surface area contributed by atoms with Crippen LogP contribution < -0.4 is 11.1 Å². The van der Waals surface area contributed by atoms with Crippen molar-refractivity contribution in [1.82, 2.24) is 14.8 Å². The first-order valence-corrected chi connectivity index (χ1v) is 6.51. The number of pyridine rings is 1. The summed E-state index contributed by atoms with van der Waals surface area (Å²) in [7, 11) is 1.94. The number of benzene rings is 1. The van der Waals surface area contributed by atoms with Gasteiger partial charge in [0.05, 0.1) is 11.7 Å². The number of nitrogens with zero attached hydrogens (tertiary/aromatic N) is 3. The molecule has 3 N–H and O–H groups in total. The lowest BCUT2D eigenvalue weighted by Crippen LogP contribution is -2.03. The molecule has 1 aromatic carbocycles. The second kappa shape index (κ2) is 4.85. The zero-order valence-corrected chi connectivity index (χ0v) is 11.6. The van der Waals surface area contributed by atoms with Crippen LogP contribution in [0.25, 0.3) is 10.9 Å². The molecule has 0 saturated heterocycles. The number of nitrogens with one attached hydrogen (secondary N) is 1. The Kier molecular flexibility index (Phi) is 3.02. The molecule has 0 spiro atoms. The number of nitrogen functional groups attached to an aromatic ring is 1. The van der Waals surface area contributed by atoms with E-state index in [-0.39, 0.29) is 0 Å². The van der Waals surface area contributed by atoms with Crippen LogP contribution in [-0.4, -0.2) is 14.8 Å². The van der Waals surface area contributed by atoms with Crippen LogP contribution in [0.15, 0.2) is 36.5 Å². The Morgan fingerprint density at radius 1 is 1.25 bits per heavy atom. The Hall–Kier alpha value is -2.56. The molecule has 0 bridgehead atoms. The lowest BCUT2D eigenvalue weighted by molar-refractivity contribution is 0.738. The van der Waals surface area contributed by atoms with Gasteiger partial charge < -0.3 is 11.1 Å². The minimum Gasteiger partial charge on any atom is -0.399 e. The highest BCUT2D eigenvalue weighted by Crippen LogP contribution is 2.18. The molecule has 0 unspecified atom stereocenters. The molecular weight excluding hydrogens is 250 g/mol. The van der Waals surface area contributed by atoms with Crippen LogP contribution in [0.1, 0.15) is 11.3 Å². The van der Waals surface area contributed by atoms with Crippen molar-refractivity contribution >= 4 is 22.4 Å². The highest BCUT2D eigenvalue weighted by atomic mass is 15.3. The molecule has 0 radical (unpaired) electrons. The van der Waals surface area contributed by atoms with E-state index in [1.807, 2.05) is 48.3 Å². The van der Waals surface area contributed by atoms with Crippen molar-refractivity contribution in [2.45, 2.75) is 13.5 Å². The van der Waals surface area contributed by atoms with Gasteiger partial charge in [0.15, 0.2) is 0 Å². The number of aryl methyl sites for hydroxylation is 1. The largest absolute Gasteiger partial charge is 0.399 e. The fraction of sp³-hybridized carbons (Fsp3) is 0.200. The molecule has 5 heteroatoms. The fourth-order valence-corrected chi connectivity index (χ4v) is 2.15. The van der Waals surface area contributed by atoms with Crippen molar-refractivity contribution in [3.05, 3.63) is 47.8 Å². The molecule has 0 aliphatic carbocycles. The molecule has 0 amide bonds. The lowest BCUT2D eigenvalue weighted by Gasteiger charge is -2.07. The molecule has 0 atom stereocenters. The van der Waals surface area contributed by atoms with Crippen LogP contribution >= 0.6 is 0 Å².